The summed E-state index contributed by atoms with van der Waals surface area (Å²) in [7, 11) is 0. The number of nitrogens with zero attached hydrogens (tertiary/aromatic N) is 1. The lowest BCUT2D eigenvalue weighted by molar-refractivity contribution is 0.104. The maximum absolute atomic E-state index is 12.0. The summed E-state index contributed by atoms with van der Waals surface area (Å²) in [6.45, 7) is 5.96. The van der Waals surface area contributed by atoms with Gasteiger partial charge < -0.3 is 19.4 Å². The van der Waals surface area contributed by atoms with Gasteiger partial charge in [0.2, 0.25) is 0 Å². The lowest BCUT2D eigenvalue weighted by Gasteiger charge is -2.26. The lowest BCUT2D eigenvalue weighted by atomic mass is 10.2. The van der Waals surface area contributed by atoms with E-state index < -0.39 is 0 Å². The number of carbonyl (C=O) groups is 1. The van der Waals surface area contributed by atoms with E-state index in [1.807, 2.05) is 17.0 Å². The summed E-state index contributed by atoms with van der Waals surface area (Å²) in [6, 6.07) is 4.48. The fourth-order valence-corrected chi connectivity index (χ4v) is 2.62. The summed E-state index contributed by atoms with van der Waals surface area (Å²) in [5, 5.41) is 2.96. The van der Waals surface area contributed by atoms with Crippen molar-refractivity contribution in [2.45, 2.75) is 51.8 Å². The molecule has 2 amide bonds. The molecule has 0 unspecified atom stereocenters. The monoisotopic (exact) mass is 280 g/mol. The minimum Gasteiger partial charge on any atom is -0.467 e. The summed E-state index contributed by atoms with van der Waals surface area (Å²) in [5.41, 5.74) is 0. The number of hydrogen-bond acceptors (Lipinski definition) is 3. The van der Waals surface area contributed by atoms with Crippen molar-refractivity contribution in [3.8, 4) is 0 Å². The number of amides is 2. The first-order valence-electron chi connectivity index (χ1n) is 7.34. The Morgan fingerprint density at radius 1 is 1.45 bits per heavy atom. The first-order valence-corrected chi connectivity index (χ1v) is 7.34. The third-order valence-electron chi connectivity index (χ3n) is 3.75. The zero-order chi connectivity index (χ0) is 14.4. The molecule has 1 saturated heterocycles. The van der Waals surface area contributed by atoms with Crippen LogP contribution in [0.15, 0.2) is 22.8 Å². The molecule has 0 spiro atoms. The topological polar surface area (TPSA) is 54.7 Å². The molecule has 0 aromatic carbocycles. The SMILES string of the molecule is C[C@H]1CC[C@H](C)N1C(=O)NCCCOCc1ccco1. The smallest absolute Gasteiger partial charge is 0.317 e. The van der Waals surface area contributed by atoms with E-state index >= 15 is 0 Å². The molecular weight excluding hydrogens is 256 g/mol. The Labute approximate surface area is 120 Å². The first kappa shape index (κ1) is 14.9. The fraction of sp³-hybridized carbons (Fsp3) is 0.667. The zero-order valence-electron chi connectivity index (χ0n) is 12.3. The van der Waals surface area contributed by atoms with Gasteiger partial charge in [0.1, 0.15) is 12.4 Å². The highest BCUT2D eigenvalue weighted by Gasteiger charge is 2.30. The van der Waals surface area contributed by atoms with Crippen LogP contribution < -0.4 is 5.32 Å². The van der Waals surface area contributed by atoms with Crippen LogP contribution in [0.1, 0.15) is 38.9 Å². The maximum atomic E-state index is 12.0. The van der Waals surface area contributed by atoms with Crippen LogP contribution in [-0.4, -0.2) is 36.2 Å². The summed E-state index contributed by atoms with van der Waals surface area (Å²) >= 11 is 0. The van der Waals surface area contributed by atoms with Crippen LogP contribution in [0.2, 0.25) is 0 Å². The molecule has 2 heterocycles. The van der Waals surface area contributed by atoms with E-state index in [0.29, 0.717) is 31.8 Å². The highest BCUT2D eigenvalue weighted by Crippen LogP contribution is 2.23. The molecular formula is C15H24N2O3. The van der Waals surface area contributed by atoms with Gasteiger partial charge in [0.05, 0.1) is 6.26 Å². The number of rotatable bonds is 6. The van der Waals surface area contributed by atoms with E-state index in [4.69, 9.17) is 9.15 Å². The fourth-order valence-electron chi connectivity index (χ4n) is 2.62. The van der Waals surface area contributed by atoms with Crippen LogP contribution in [0.4, 0.5) is 4.79 Å². The molecule has 20 heavy (non-hydrogen) atoms. The van der Waals surface area contributed by atoms with Gasteiger partial charge in [0, 0.05) is 25.2 Å². The van der Waals surface area contributed by atoms with Gasteiger partial charge in [0.15, 0.2) is 0 Å². The Morgan fingerprint density at radius 2 is 2.20 bits per heavy atom. The second-order valence-corrected chi connectivity index (χ2v) is 5.40. The number of nitrogens with one attached hydrogen (secondary N) is 1. The number of urea groups is 1. The van der Waals surface area contributed by atoms with Crippen LogP contribution in [0.5, 0.6) is 0 Å². The molecule has 5 heteroatoms. The molecule has 1 aliphatic heterocycles. The second kappa shape index (κ2) is 7.33. The van der Waals surface area contributed by atoms with Gasteiger partial charge in [-0.1, -0.05) is 0 Å². The molecule has 0 bridgehead atoms. The van der Waals surface area contributed by atoms with Crippen LogP contribution >= 0.6 is 0 Å². The molecule has 1 fully saturated rings. The van der Waals surface area contributed by atoms with E-state index in [1.165, 1.54) is 0 Å². The predicted molar refractivity (Wildman–Crippen MR) is 76.4 cm³/mol. The minimum absolute atomic E-state index is 0.0496. The highest BCUT2D eigenvalue weighted by molar-refractivity contribution is 5.75. The number of ether oxygens (including phenoxy) is 1. The second-order valence-electron chi connectivity index (χ2n) is 5.40. The van der Waals surface area contributed by atoms with Crippen molar-refractivity contribution in [2.24, 2.45) is 0 Å². The molecule has 0 aliphatic carbocycles. The third-order valence-corrected chi connectivity index (χ3v) is 3.75. The molecule has 1 aromatic heterocycles. The van der Waals surface area contributed by atoms with Gasteiger partial charge in [-0.25, -0.2) is 4.79 Å². The zero-order valence-corrected chi connectivity index (χ0v) is 12.3. The van der Waals surface area contributed by atoms with Crippen molar-refractivity contribution in [3.63, 3.8) is 0 Å². The first-order chi connectivity index (χ1) is 9.68. The van der Waals surface area contributed by atoms with E-state index in [1.54, 1.807) is 6.26 Å². The van der Waals surface area contributed by atoms with Crippen LogP contribution in [-0.2, 0) is 11.3 Å². The Morgan fingerprint density at radius 3 is 2.85 bits per heavy atom. The Kier molecular flexibility index (Phi) is 5.47. The van der Waals surface area contributed by atoms with Crippen LogP contribution in [0, 0.1) is 0 Å². The lowest BCUT2D eigenvalue weighted by Crippen LogP contribution is -2.45. The number of likely N-dealkylation sites (tertiary alicyclic amines) is 1. The molecule has 1 aromatic rings. The number of furan rings is 1. The normalized spacial score (nSPS) is 22.2. The van der Waals surface area contributed by atoms with Crippen molar-refractivity contribution in [1.82, 2.24) is 10.2 Å². The molecule has 2 rings (SSSR count). The number of hydrogen-bond donors (Lipinski definition) is 1. The van der Waals surface area contributed by atoms with Crippen molar-refractivity contribution in [1.29, 1.82) is 0 Å². The van der Waals surface area contributed by atoms with E-state index in [9.17, 15) is 4.79 Å². The van der Waals surface area contributed by atoms with Crippen molar-refractivity contribution >= 4 is 6.03 Å². The van der Waals surface area contributed by atoms with Crippen LogP contribution in [0.25, 0.3) is 0 Å². The molecule has 112 valence electrons. The van der Waals surface area contributed by atoms with E-state index in [2.05, 4.69) is 19.2 Å². The van der Waals surface area contributed by atoms with Gasteiger partial charge in [-0.3, -0.25) is 0 Å². The summed E-state index contributed by atoms with van der Waals surface area (Å²) in [6.07, 6.45) is 4.64. The van der Waals surface area contributed by atoms with Crippen LogP contribution in [0.3, 0.4) is 0 Å². The Bertz CT molecular complexity index is 395. The van der Waals surface area contributed by atoms with E-state index in [0.717, 1.165) is 25.0 Å². The summed E-state index contributed by atoms with van der Waals surface area (Å²) in [4.78, 5) is 14.0. The average molecular weight is 280 g/mol. The largest absolute Gasteiger partial charge is 0.467 e. The van der Waals surface area contributed by atoms with Gasteiger partial charge in [0.25, 0.3) is 0 Å². The standard InChI is InChI=1S/C15H24N2O3/c1-12-6-7-13(2)17(12)15(18)16-8-4-9-19-11-14-5-3-10-20-14/h3,5,10,12-13H,4,6-9,11H2,1-2H3,(H,16,18)/t12-,13-/m0/s1. The van der Waals surface area contributed by atoms with Gasteiger partial charge >= 0.3 is 6.03 Å². The Hall–Kier alpha value is -1.49. The molecule has 5 nitrogen and oxygen atoms in total. The van der Waals surface area contributed by atoms with E-state index in [-0.39, 0.29) is 6.03 Å². The van der Waals surface area contributed by atoms with Gasteiger partial charge in [-0.2, -0.15) is 0 Å². The Balaban J connectivity index is 1.55. The number of carbonyl (C=O) groups excluding carboxylic acids is 1. The van der Waals surface area contributed by atoms with Crippen molar-refractivity contribution < 1.29 is 13.9 Å². The molecule has 2 atom stereocenters. The molecule has 1 N–H and O–H groups in total. The molecule has 0 radical (unpaired) electrons. The summed E-state index contributed by atoms with van der Waals surface area (Å²) in [5.74, 6) is 0.828. The average Bonchev–Trinajstić information content (AvgIpc) is 3.04. The minimum atomic E-state index is 0.0496. The quantitative estimate of drug-likeness (QED) is 0.815. The van der Waals surface area contributed by atoms with Crippen molar-refractivity contribution in [3.05, 3.63) is 24.2 Å². The molecule has 0 saturated carbocycles. The third kappa shape index (κ3) is 4.00. The van der Waals surface area contributed by atoms with Gasteiger partial charge in [-0.15, -0.1) is 0 Å². The maximum Gasteiger partial charge on any atom is 0.317 e. The van der Waals surface area contributed by atoms with Crippen molar-refractivity contribution in [2.75, 3.05) is 13.2 Å². The predicted octanol–water partition coefficient (Wildman–Crippen LogP) is 2.77. The molecule has 1 aliphatic rings. The summed E-state index contributed by atoms with van der Waals surface area (Å²) < 4.78 is 10.6. The van der Waals surface area contributed by atoms with Gasteiger partial charge in [-0.05, 0) is 45.2 Å². The highest BCUT2D eigenvalue weighted by atomic mass is 16.5.